The van der Waals surface area contributed by atoms with E-state index in [9.17, 15) is 14.4 Å². The molecule has 0 saturated carbocycles. The topological polar surface area (TPSA) is 88.8 Å². The lowest BCUT2D eigenvalue weighted by atomic mass is 10.1. The average Bonchev–Trinajstić information content (AvgIpc) is 3.07. The van der Waals surface area contributed by atoms with Crippen molar-refractivity contribution >= 4 is 28.5 Å². The average molecular weight is 378 g/mol. The highest BCUT2D eigenvalue weighted by atomic mass is 16.5. The minimum atomic E-state index is -0.704. The molecule has 1 aliphatic heterocycles. The first kappa shape index (κ1) is 17.8. The third-order valence-electron chi connectivity index (χ3n) is 4.71. The van der Waals surface area contributed by atoms with Gasteiger partial charge in [0.1, 0.15) is 16.9 Å². The van der Waals surface area contributed by atoms with E-state index in [1.54, 1.807) is 54.5 Å². The van der Waals surface area contributed by atoms with E-state index < -0.39 is 17.6 Å². The van der Waals surface area contributed by atoms with E-state index in [-0.39, 0.29) is 17.9 Å². The Balaban J connectivity index is 1.52. The molecule has 0 aliphatic carbocycles. The number of para-hydroxylation sites is 1. The highest BCUT2D eigenvalue weighted by molar-refractivity contribution is 6.00. The fourth-order valence-corrected chi connectivity index (χ4v) is 3.32. The van der Waals surface area contributed by atoms with Gasteiger partial charge in [-0.25, -0.2) is 4.79 Å². The molecule has 28 heavy (non-hydrogen) atoms. The minimum absolute atomic E-state index is 0.0778. The van der Waals surface area contributed by atoms with Crippen molar-refractivity contribution in [3.63, 3.8) is 0 Å². The molecule has 2 heterocycles. The molecule has 1 saturated heterocycles. The fourth-order valence-electron chi connectivity index (χ4n) is 3.32. The number of ether oxygens (including phenoxy) is 1. The van der Waals surface area contributed by atoms with Crippen LogP contribution in [0, 0.1) is 0 Å². The molecular formula is C21H18N2O5. The summed E-state index contributed by atoms with van der Waals surface area (Å²) in [5.41, 5.74) is 0.340. The van der Waals surface area contributed by atoms with Crippen LogP contribution in [0.3, 0.4) is 0 Å². The van der Waals surface area contributed by atoms with Gasteiger partial charge in [0.25, 0.3) is 5.91 Å². The van der Waals surface area contributed by atoms with Gasteiger partial charge in [0.15, 0.2) is 0 Å². The van der Waals surface area contributed by atoms with Crippen molar-refractivity contribution in [2.75, 3.05) is 18.6 Å². The van der Waals surface area contributed by atoms with Gasteiger partial charge in [-0.3, -0.25) is 9.59 Å². The number of methoxy groups -OCH3 is 1. The van der Waals surface area contributed by atoms with Gasteiger partial charge >= 0.3 is 5.63 Å². The first-order chi connectivity index (χ1) is 13.5. The lowest BCUT2D eigenvalue weighted by Gasteiger charge is -2.18. The van der Waals surface area contributed by atoms with Gasteiger partial charge in [0.05, 0.1) is 13.2 Å². The van der Waals surface area contributed by atoms with Crippen LogP contribution in [0.15, 0.2) is 63.8 Å². The molecule has 0 spiro atoms. The van der Waals surface area contributed by atoms with Gasteiger partial charge in [0.2, 0.25) is 5.91 Å². The molecule has 2 aromatic carbocycles. The minimum Gasteiger partial charge on any atom is -0.497 e. The van der Waals surface area contributed by atoms with Crippen LogP contribution in [0.5, 0.6) is 5.75 Å². The van der Waals surface area contributed by atoms with E-state index in [1.807, 2.05) is 6.07 Å². The highest BCUT2D eigenvalue weighted by Gasteiger charge is 2.32. The van der Waals surface area contributed by atoms with Crippen LogP contribution in [-0.4, -0.2) is 31.5 Å². The first-order valence-electron chi connectivity index (χ1n) is 8.83. The lowest BCUT2D eigenvalue weighted by molar-refractivity contribution is -0.117. The number of hydrogen-bond donors (Lipinski definition) is 1. The number of nitrogens with one attached hydrogen (secondary N) is 1. The van der Waals surface area contributed by atoms with Gasteiger partial charge < -0.3 is 19.4 Å². The molecule has 142 valence electrons. The number of carbonyl (C=O) groups excluding carboxylic acids is 2. The number of fused-ring (bicyclic) bond motifs is 1. The van der Waals surface area contributed by atoms with Gasteiger partial charge in [0, 0.05) is 30.1 Å². The number of hydrogen-bond acceptors (Lipinski definition) is 5. The number of amides is 2. The molecule has 0 bridgehead atoms. The molecule has 1 aliphatic rings. The van der Waals surface area contributed by atoms with Gasteiger partial charge in [-0.2, -0.15) is 0 Å². The number of carbonyl (C=O) groups is 2. The zero-order chi connectivity index (χ0) is 19.7. The maximum Gasteiger partial charge on any atom is 0.349 e. The van der Waals surface area contributed by atoms with E-state index in [1.165, 1.54) is 6.07 Å². The van der Waals surface area contributed by atoms with Crippen molar-refractivity contribution in [2.45, 2.75) is 12.5 Å². The zero-order valence-electron chi connectivity index (χ0n) is 15.2. The highest BCUT2D eigenvalue weighted by Crippen LogP contribution is 2.25. The molecular weight excluding hydrogens is 360 g/mol. The number of benzene rings is 2. The third-order valence-corrected chi connectivity index (χ3v) is 4.71. The third kappa shape index (κ3) is 3.34. The van der Waals surface area contributed by atoms with Crippen LogP contribution in [-0.2, 0) is 4.79 Å². The van der Waals surface area contributed by atoms with Crippen LogP contribution < -0.4 is 20.6 Å². The zero-order valence-corrected chi connectivity index (χ0v) is 15.2. The quantitative estimate of drug-likeness (QED) is 0.704. The molecule has 1 fully saturated rings. The second-order valence-corrected chi connectivity index (χ2v) is 6.57. The smallest absolute Gasteiger partial charge is 0.349 e. The Kier molecular flexibility index (Phi) is 4.57. The molecule has 1 atom stereocenters. The number of rotatable bonds is 4. The summed E-state index contributed by atoms with van der Waals surface area (Å²) in [6.07, 6.45) is 0.155. The van der Waals surface area contributed by atoms with E-state index in [0.717, 1.165) is 0 Å². The summed E-state index contributed by atoms with van der Waals surface area (Å²) in [6.45, 7) is 0.316. The van der Waals surface area contributed by atoms with Crippen LogP contribution in [0.4, 0.5) is 5.69 Å². The summed E-state index contributed by atoms with van der Waals surface area (Å²) in [5, 5.41) is 3.43. The van der Waals surface area contributed by atoms with Gasteiger partial charge in [-0.1, -0.05) is 24.3 Å². The summed E-state index contributed by atoms with van der Waals surface area (Å²) < 4.78 is 10.4. The second kappa shape index (κ2) is 7.19. The Labute approximate surface area is 160 Å². The first-order valence-corrected chi connectivity index (χ1v) is 8.83. The Morgan fingerprint density at radius 1 is 1.14 bits per heavy atom. The van der Waals surface area contributed by atoms with Crippen LogP contribution in [0.1, 0.15) is 16.8 Å². The number of nitrogens with zero attached hydrogens (tertiary/aromatic N) is 1. The van der Waals surface area contributed by atoms with Crippen LogP contribution in [0.2, 0.25) is 0 Å². The molecule has 2 amide bonds. The van der Waals surface area contributed by atoms with E-state index >= 15 is 0 Å². The Hall–Kier alpha value is -3.61. The van der Waals surface area contributed by atoms with Gasteiger partial charge in [-0.15, -0.1) is 0 Å². The van der Waals surface area contributed by atoms with Crippen LogP contribution in [0.25, 0.3) is 11.0 Å². The van der Waals surface area contributed by atoms with Crippen molar-refractivity contribution in [3.05, 3.63) is 70.6 Å². The van der Waals surface area contributed by atoms with Crippen molar-refractivity contribution in [1.82, 2.24) is 5.32 Å². The second-order valence-electron chi connectivity index (χ2n) is 6.57. The molecule has 1 unspecified atom stereocenters. The number of anilines is 1. The van der Waals surface area contributed by atoms with E-state index in [4.69, 9.17) is 9.15 Å². The predicted molar refractivity (Wildman–Crippen MR) is 104 cm³/mol. The van der Waals surface area contributed by atoms with Crippen molar-refractivity contribution in [2.24, 2.45) is 0 Å². The standard InChI is InChI=1S/C21H18N2O5/c1-27-16-7-4-6-15(11-16)23-12-14(10-19(23)24)22-20(25)17-9-13-5-2-3-8-18(13)28-21(17)26/h2-9,11,14H,10,12H2,1H3,(H,22,25). The van der Waals surface area contributed by atoms with E-state index in [0.29, 0.717) is 29.0 Å². The lowest BCUT2D eigenvalue weighted by Crippen LogP contribution is -2.39. The van der Waals surface area contributed by atoms with Crippen molar-refractivity contribution in [3.8, 4) is 5.75 Å². The molecule has 4 rings (SSSR count). The summed E-state index contributed by atoms with van der Waals surface area (Å²) in [4.78, 5) is 38.7. The monoisotopic (exact) mass is 378 g/mol. The molecule has 1 aromatic heterocycles. The van der Waals surface area contributed by atoms with Crippen LogP contribution >= 0.6 is 0 Å². The molecule has 7 nitrogen and oxygen atoms in total. The van der Waals surface area contributed by atoms with Gasteiger partial charge in [-0.05, 0) is 24.3 Å². The summed E-state index contributed by atoms with van der Waals surface area (Å²) >= 11 is 0. The summed E-state index contributed by atoms with van der Waals surface area (Å²) in [5.74, 6) is -0.0135. The molecule has 1 N–H and O–H groups in total. The Morgan fingerprint density at radius 3 is 2.79 bits per heavy atom. The Morgan fingerprint density at radius 2 is 1.96 bits per heavy atom. The fraction of sp³-hybridized carbons (Fsp3) is 0.190. The Bertz CT molecular complexity index is 1120. The normalized spacial score (nSPS) is 16.4. The van der Waals surface area contributed by atoms with E-state index in [2.05, 4.69) is 5.32 Å². The predicted octanol–water partition coefficient (Wildman–Crippen LogP) is 2.34. The maximum atomic E-state index is 12.6. The maximum absolute atomic E-state index is 12.6. The molecule has 3 aromatic rings. The molecule has 7 heteroatoms. The summed E-state index contributed by atoms with van der Waals surface area (Å²) in [7, 11) is 1.56. The molecule has 0 radical (unpaired) electrons. The largest absolute Gasteiger partial charge is 0.497 e. The SMILES string of the molecule is COc1cccc(N2CC(NC(=O)c3cc4ccccc4oc3=O)CC2=O)c1. The van der Waals surface area contributed by atoms with Crippen molar-refractivity contribution in [1.29, 1.82) is 0 Å². The van der Waals surface area contributed by atoms with Crippen molar-refractivity contribution < 1.29 is 18.7 Å². The summed E-state index contributed by atoms with van der Waals surface area (Å²) in [6, 6.07) is 15.2.